The molecule has 1 saturated heterocycles. The van der Waals surface area contributed by atoms with Crippen molar-refractivity contribution in [3.05, 3.63) is 35.1 Å². The first-order valence-corrected chi connectivity index (χ1v) is 5.21. The minimum atomic E-state index is -0.483. The number of terminal acetylenes is 1. The Kier molecular flexibility index (Phi) is 2.92. The van der Waals surface area contributed by atoms with Crippen molar-refractivity contribution in [2.45, 2.75) is 18.8 Å². The molecule has 1 unspecified atom stereocenters. The molecule has 0 spiro atoms. The molecule has 4 heteroatoms. The topological polar surface area (TPSA) is 46.2 Å². The van der Waals surface area contributed by atoms with Crippen LogP contribution in [0.25, 0.3) is 0 Å². The predicted octanol–water partition coefficient (Wildman–Crippen LogP) is 1.33. The fourth-order valence-electron chi connectivity index (χ4n) is 1.88. The van der Waals surface area contributed by atoms with Crippen LogP contribution in [-0.2, 0) is 9.59 Å². The molecule has 1 aliphatic rings. The molecule has 0 saturated carbocycles. The number of benzene rings is 1. The molecule has 17 heavy (non-hydrogen) atoms. The molecule has 0 bridgehead atoms. The van der Waals surface area contributed by atoms with Crippen molar-refractivity contribution < 1.29 is 14.0 Å². The molecular weight excluding hydrogens is 221 g/mol. The molecule has 1 aromatic carbocycles. The van der Waals surface area contributed by atoms with E-state index in [4.69, 9.17) is 6.42 Å². The Bertz CT molecular complexity index is 531. The van der Waals surface area contributed by atoms with E-state index in [2.05, 4.69) is 11.2 Å². The smallest absolute Gasteiger partial charge is 0.234 e. The number of nitrogens with one attached hydrogen (secondary N) is 1. The molecular formula is C13H10FNO2. The van der Waals surface area contributed by atoms with E-state index >= 15 is 0 Å². The first-order valence-electron chi connectivity index (χ1n) is 5.21. The van der Waals surface area contributed by atoms with Gasteiger partial charge in [-0.3, -0.25) is 14.9 Å². The van der Waals surface area contributed by atoms with Crippen LogP contribution in [0, 0.1) is 18.2 Å². The van der Waals surface area contributed by atoms with E-state index in [0.29, 0.717) is 18.4 Å². The van der Waals surface area contributed by atoms with Crippen molar-refractivity contribution in [2.75, 3.05) is 0 Å². The van der Waals surface area contributed by atoms with Gasteiger partial charge in [-0.15, -0.1) is 6.42 Å². The van der Waals surface area contributed by atoms with Gasteiger partial charge in [0.2, 0.25) is 11.8 Å². The van der Waals surface area contributed by atoms with Gasteiger partial charge < -0.3 is 0 Å². The van der Waals surface area contributed by atoms with Gasteiger partial charge in [-0.05, 0) is 24.1 Å². The lowest BCUT2D eigenvalue weighted by Gasteiger charge is -2.21. The van der Waals surface area contributed by atoms with Gasteiger partial charge in [0, 0.05) is 6.42 Å². The third-order valence-corrected chi connectivity index (χ3v) is 2.79. The van der Waals surface area contributed by atoms with Crippen LogP contribution in [0.4, 0.5) is 4.39 Å². The zero-order valence-corrected chi connectivity index (χ0v) is 9.00. The van der Waals surface area contributed by atoms with Crippen molar-refractivity contribution in [3.8, 4) is 12.3 Å². The van der Waals surface area contributed by atoms with Gasteiger partial charge >= 0.3 is 0 Å². The molecule has 0 aromatic heterocycles. The second-order valence-corrected chi connectivity index (χ2v) is 3.89. The van der Waals surface area contributed by atoms with Crippen molar-refractivity contribution in [2.24, 2.45) is 0 Å². The van der Waals surface area contributed by atoms with E-state index in [0.717, 1.165) is 0 Å². The number of hydrogen-bond acceptors (Lipinski definition) is 2. The van der Waals surface area contributed by atoms with Crippen LogP contribution in [-0.4, -0.2) is 11.8 Å². The molecule has 86 valence electrons. The average molecular weight is 231 g/mol. The van der Waals surface area contributed by atoms with E-state index in [9.17, 15) is 14.0 Å². The number of halogens is 1. The van der Waals surface area contributed by atoms with Crippen molar-refractivity contribution in [1.29, 1.82) is 0 Å². The van der Waals surface area contributed by atoms with Crippen molar-refractivity contribution >= 4 is 11.8 Å². The molecule has 1 aromatic rings. The molecule has 1 atom stereocenters. The molecule has 0 aliphatic carbocycles. The van der Waals surface area contributed by atoms with Crippen LogP contribution in [0.5, 0.6) is 0 Å². The summed E-state index contributed by atoms with van der Waals surface area (Å²) >= 11 is 0. The van der Waals surface area contributed by atoms with E-state index < -0.39 is 11.7 Å². The number of piperidine rings is 1. The normalized spacial score (nSPS) is 19.6. The van der Waals surface area contributed by atoms with E-state index in [1.165, 1.54) is 18.2 Å². The number of carbonyl (C=O) groups excluding carboxylic acids is 2. The van der Waals surface area contributed by atoms with Crippen LogP contribution in [0.15, 0.2) is 18.2 Å². The average Bonchev–Trinajstić information content (AvgIpc) is 2.30. The van der Waals surface area contributed by atoms with Gasteiger partial charge in [-0.1, -0.05) is 12.0 Å². The summed E-state index contributed by atoms with van der Waals surface area (Å²) in [7, 11) is 0. The van der Waals surface area contributed by atoms with Gasteiger partial charge in [0.25, 0.3) is 0 Å². The minimum absolute atomic E-state index is 0.132. The minimum Gasteiger partial charge on any atom is -0.296 e. The molecule has 2 rings (SSSR count). The molecule has 0 radical (unpaired) electrons. The summed E-state index contributed by atoms with van der Waals surface area (Å²) in [5.41, 5.74) is 0.775. The second-order valence-electron chi connectivity index (χ2n) is 3.89. The van der Waals surface area contributed by atoms with E-state index in [1.54, 1.807) is 0 Å². The molecule has 1 fully saturated rings. The summed E-state index contributed by atoms with van der Waals surface area (Å²) < 4.78 is 13.2. The van der Waals surface area contributed by atoms with Gasteiger partial charge in [0.05, 0.1) is 11.5 Å². The Morgan fingerprint density at radius 2 is 2.18 bits per heavy atom. The first-order chi connectivity index (χ1) is 8.11. The standard InChI is InChI=1S/C13H10FNO2/c1-2-8-7-9(3-5-11(8)14)10-4-6-12(16)15-13(10)17/h1,3,5,7,10H,4,6H2,(H,15,16,17). The summed E-state index contributed by atoms with van der Waals surface area (Å²) in [5, 5.41) is 2.26. The van der Waals surface area contributed by atoms with Gasteiger partial charge in [-0.2, -0.15) is 0 Å². The number of carbonyl (C=O) groups is 2. The highest BCUT2D eigenvalue weighted by Crippen LogP contribution is 2.26. The third-order valence-electron chi connectivity index (χ3n) is 2.79. The molecule has 1 aliphatic heterocycles. The maximum absolute atomic E-state index is 13.2. The first kappa shape index (κ1) is 11.3. The Morgan fingerprint density at radius 3 is 2.82 bits per heavy atom. The fraction of sp³-hybridized carbons (Fsp3) is 0.231. The molecule has 3 nitrogen and oxygen atoms in total. The Morgan fingerprint density at radius 1 is 1.41 bits per heavy atom. The quantitative estimate of drug-likeness (QED) is 0.585. The molecule has 2 amide bonds. The Balaban J connectivity index is 2.32. The number of rotatable bonds is 1. The lowest BCUT2D eigenvalue weighted by Crippen LogP contribution is -2.39. The highest BCUT2D eigenvalue weighted by Gasteiger charge is 2.28. The largest absolute Gasteiger partial charge is 0.296 e. The zero-order valence-electron chi connectivity index (χ0n) is 9.00. The lowest BCUT2D eigenvalue weighted by atomic mass is 9.89. The van der Waals surface area contributed by atoms with Gasteiger partial charge in [0.15, 0.2) is 0 Å². The van der Waals surface area contributed by atoms with Crippen molar-refractivity contribution in [3.63, 3.8) is 0 Å². The molecule has 1 N–H and O–H groups in total. The maximum Gasteiger partial charge on any atom is 0.234 e. The van der Waals surface area contributed by atoms with Gasteiger partial charge in [0.1, 0.15) is 5.82 Å². The number of imide groups is 1. The van der Waals surface area contributed by atoms with Crippen LogP contribution >= 0.6 is 0 Å². The highest BCUT2D eigenvalue weighted by atomic mass is 19.1. The summed E-state index contributed by atoms with van der Waals surface area (Å²) in [6.45, 7) is 0. The fourth-order valence-corrected chi connectivity index (χ4v) is 1.88. The van der Waals surface area contributed by atoms with Crippen LogP contribution in [0.1, 0.15) is 29.9 Å². The summed E-state index contributed by atoms with van der Waals surface area (Å²) in [4.78, 5) is 22.6. The van der Waals surface area contributed by atoms with Crippen LogP contribution in [0.2, 0.25) is 0 Å². The number of hydrogen-bond donors (Lipinski definition) is 1. The van der Waals surface area contributed by atoms with Crippen molar-refractivity contribution in [1.82, 2.24) is 5.32 Å². The Labute approximate surface area is 98.0 Å². The van der Waals surface area contributed by atoms with Crippen LogP contribution in [0.3, 0.4) is 0 Å². The summed E-state index contributed by atoms with van der Waals surface area (Å²) in [5.74, 6) is 0.688. The SMILES string of the molecule is C#Cc1cc(C2CCC(=O)NC2=O)ccc1F. The third kappa shape index (κ3) is 2.18. The predicted molar refractivity (Wildman–Crippen MR) is 59.5 cm³/mol. The monoisotopic (exact) mass is 231 g/mol. The zero-order chi connectivity index (χ0) is 12.4. The van der Waals surface area contributed by atoms with Gasteiger partial charge in [-0.25, -0.2) is 4.39 Å². The molecule has 1 heterocycles. The summed E-state index contributed by atoms with van der Waals surface area (Å²) in [6, 6.07) is 4.25. The Hall–Kier alpha value is -2.15. The van der Waals surface area contributed by atoms with E-state index in [1.807, 2.05) is 0 Å². The maximum atomic E-state index is 13.2. The van der Waals surface area contributed by atoms with E-state index in [-0.39, 0.29) is 17.4 Å². The second kappa shape index (κ2) is 4.38. The highest BCUT2D eigenvalue weighted by molar-refractivity contribution is 6.00. The van der Waals surface area contributed by atoms with Crippen LogP contribution < -0.4 is 5.32 Å². The summed E-state index contributed by atoms with van der Waals surface area (Å²) in [6.07, 6.45) is 5.88. The lowest BCUT2D eigenvalue weighted by molar-refractivity contribution is -0.134. The number of amides is 2.